The molecule has 5 nitrogen and oxygen atoms in total. The quantitative estimate of drug-likeness (QED) is 0.875. The number of aromatic carboxylic acids is 1. The smallest absolute Gasteiger partial charge is 0.360 e. The van der Waals surface area contributed by atoms with E-state index in [4.69, 9.17) is 4.74 Å². The van der Waals surface area contributed by atoms with Gasteiger partial charge in [0.15, 0.2) is 5.75 Å². The number of carbonyl (C=O) groups is 1. The van der Waals surface area contributed by atoms with E-state index in [1.807, 2.05) is 24.3 Å². The summed E-state index contributed by atoms with van der Waals surface area (Å²) in [6, 6.07) is 7.36. The Morgan fingerprint density at radius 2 is 1.81 bits per heavy atom. The van der Waals surface area contributed by atoms with Crippen LogP contribution in [-0.2, 0) is 0 Å². The first-order valence-corrected chi connectivity index (χ1v) is 7.41. The Hall–Kier alpha value is -2.17. The van der Waals surface area contributed by atoms with Crippen molar-refractivity contribution in [3.05, 3.63) is 30.0 Å². The second kappa shape index (κ2) is 6.08. The van der Waals surface area contributed by atoms with Crippen LogP contribution >= 0.6 is 0 Å². The standard InChI is InChI=1S/C16H18N2O3/c19-16(20)14-15(21-11-7-3-1-2-4-8-11)12-9-5-6-10-13(12)17-18-14/h5-6,9-11H,1-4,7-8H2,(H,19,20). The Morgan fingerprint density at radius 1 is 1.10 bits per heavy atom. The third-order valence-corrected chi connectivity index (χ3v) is 3.91. The van der Waals surface area contributed by atoms with E-state index in [2.05, 4.69) is 10.2 Å². The molecule has 1 aliphatic rings. The van der Waals surface area contributed by atoms with Crippen LogP contribution in [0.1, 0.15) is 49.0 Å². The van der Waals surface area contributed by atoms with Gasteiger partial charge in [-0.05, 0) is 37.8 Å². The van der Waals surface area contributed by atoms with E-state index in [-0.39, 0.29) is 11.8 Å². The molecule has 0 spiro atoms. The van der Waals surface area contributed by atoms with E-state index in [0.717, 1.165) is 25.7 Å². The molecule has 21 heavy (non-hydrogen) atoms. The van der Waals surface area contributed by atoms with Crippen LogP contribution in [0.15, 0.2) is 24.3 Å². The Balaban J connectivity index is 2.01. The highest BCUT2D eigenvalue weighted by Crippen LogP contribution is 2.30. The first-order valence-electron chi connectivity index (χ1n) is 7.41. The molecule has 0 bridgehead atoms. The molecule has 1 fully saturated rings. The number of ether oxygens (including phenoxy) is 1. The highest BCUT2D eigenvalue weighted by Gasteiger charge is 2.22. The molecule has 0 unspecified atom stereocenters. The third kappa shape index (κ3) is 2.96. The number of carboxylic acids is 1. The van der Waals surface area contributed by atoms with Crippen molar-refractivity contribution in [3.8, 4) is 5.75 Å². The fourth-order valence-electron chi connectivity index (χ4n) is 2.82. The van der Waals surface area contributed by atoms with E-state index in [1.54, 1.807) is 0 Å². The summed E-state index contributed by atoms with van der Waals surface area (Å²) in [5.41, 5.74) is 0.559. The lowest BCUT2D eigenvalue weighted by atomic mass is 10.1. The normalized spacial score (nSPS) is 16.6. The second-order valence-corrected chi connectivity index (χ2v) is 5.43. The summed E-state index contributed by atoms with van der Waals surface area (Å²) in [6.45, 7) is 0. The van der Waals surface area contributed by atoms with Crippen LogP contribution in [-0.4, -0.2) is 27.4 Å². The van der Waals surface area contributed by atoms with E-state index >= 15 is 0 Å². The largest absolute Gasteiger partial charge is 0.487 e. The second-order valence-electron chi connectivity index (χ2n) is 5.43. The Kier molecular flexibility index (Phi) is 3.99. The Bertz CT molecular complexity index is 649. The van der Waals surface area contributed by atoms with Crippen LogP contribution in [0.3, 0.4) is 0 Å². The average molecular weight is 286 g/mol. The van der Waals surface area contributed by atoms with Gasteiger partial charge < -0.3 is 9.84 Å². The molecule has 1 aliphatic carbocycles. The lowest BCUT2D eigenvalue weighted by Crippen LogP contribution is -2.18. The van der Waals surface area contributed by atoms with Crippen molar-refractivity contribution in [3.63, 3.8) is 0 Å². The van der Waals surface area contributed by atoms with E-state index < -0.39 is 5.97 Å². The van der Waals surface area contributed by atoms with Crippen molar-refractivity contribution < 1.29 is 14.6 Å². The molecular formula is C16H18N2O3. The summed E-state index contributed by atoms with van der Waals surface area (Å²) in [7, 11) is 0. The predicted octanol–water partition coefficient (Wildman–Crippen LogP) is 3.43. The van der Waals surface area contributed by atoms with E-state index in [1.165, 1.54) is 12.8 Å². The molecule has 1 N–H and O–H groups in total. The molecule has 1 heterocycles. The van der Waals surface area contributed by atoms with Gasteiger partial charge in [0, 0.05) is 5.39 Å². The molecule has 1 aromatic heterocycles. The van der Waals surface area contributed by atoms with Gasteiger partial charge in [-0.3, -0.25) is 0 Å². The minimum Gasteiger partial charge on any atom is -0.487 e. The summed E-state index contributed by atoms with van der Waals surface area (Å²) in [5.74, 6) is -0.739. The fourth-order valence-corrected chi connectivity index (χ4v) is 2.82. The maximum atomic E-state index is 11.4. The Morgan fingerprint density at radius 3 is 2.52 bits per heavy atom. The van der Waals surface area contributed by atoms with Gasteiger partial charge in [0.05, 0.1) is 11.6 Å². The number of hydrogen-bond donors (Lipinski definition) is 1. The molecular weight excluding hydrogens is 268 g/mol. The van der Waals surface area contributed by atoms with Gasteiger partial charge in [0.2, 0.25) is 5.69 Å². The molecule has 0 aliphatic heterocycles. The number of benzene rings is 1. The number of nitrogens with zero attached hydrogens (tertiary/aromatic N) is 2. The van der Waals surface area contributed by atoms with Crippen molar-refractivity contribution in [2.45, 2.75) is 44.6 Å². The molecule has 0 amide bonds. The molecule has 5 heteroatoms. The van der Waals surface area contributed by atoms with Crippen LogP contribution in [0.25, 0.3) is 10.9 Å². The van der Waals surface area contributed by atoms with Gasteiger partial charge in [0.25, 0.3) is 0 Å². The number of carboxylic acid groups (broad SMARTS) is 1. The van der Waals surface area contributed by atoms with Crippen LogP contribution in [0.2, 0.25) is 0 Å². The zero-order valence-electron chi connectivity index (χ0n) is 11.8. The number of hydrogen-bond acceptors (Lipinski definition) is 4. The average Bonchev–Trinajstić information content (AvgIpc) is 2.76. The SMILES string of the molecule is O=C(O)c1nnc2ccccc2c1OC1CCCCCC1. The molecule has 0 radical (unpaired) electrons. The van der Waals surface area contributed by atoms with E-state index in [0.29, 0.717) is 16.7 Å². The van der Waals surface area contributed by atoms with Gasteiger partial charge >= 0.3 is 5.97 Å². The number of fused-ring (bicyclic) bond motifs is 1. The van der Waals surface area contributed by atoms with Crippen molar-refractivity contribution >= 4 is 16.9 Å². The third-order valence-electron chi connectivity index (χ3n) is 3.91. The fraction of sp³-hybridized carbons (Fsp3) is 0.438. The molecule has 1 aromatic carbocycles. The lowest BCUT2D eigenvalue weighted by molar-refractivity contribution is 0.0680. The zero-order valence-corrected chi connectivity index (χ0v) is 11.8. The molecule has 0 saturated heterocycles. The topological polar surface area (TPSA) is 72.3 Å². The number of rotatable bonds is 3. The van der Waals surface area contributed by atoms with Gasteiger partial charge in [-0.1, -0.05) is 25.0 Å². The highest BCUT2D eigenvalue weighted by atomic mass is 16.5. The molecule has 0 atom stereocenters. The van der Waals surface area contributed by atoms with Crippen molar-refractivity contribution in [2.24, 2.45) is 0 Å². The van der Waals surface area contributed by atoms with Crippen LogP contribution < -0.4 is 4.74 Å². The van der Waals surface area contributed by atoms with E-state index in [9.17, 15) is 9.90 Å². The maximum absolute atomic E-state index is 11.4. The summed E-state index contributed by atoms with van der Waals surface area (Å²) in [6.07, 6.45) is 6.71. The molecule has 110 valence electrons. The molecule has 1 saturated carbocycles. The number of aromatic nitrogens is 2. The van der Waals surface area contributed by atoms with Gasteiger partial charge in [-0.15, -0.1) is 10.2 Å². The molecule has 3 rings (SSSR count). The van der Waals surface area contributed by atoms with Gasteiger partial charge in [-0.2, -0.15) is 0 Å². The first-order chi connectivity index (χ1) is 10.3. The monoisotopic (exact) mass is 286 g/mol. The first kappa shape index (κ1) is 13.8. The maximum Gasteiger partial charge on any atom is 0.360 e. The van der Waals surface area contributed by atoms with Gasteiger partial charge in [0.1, 0.15) is 0 Å². The summed E-state index contributed by atoms with van der Waals surface area (Å²) < 4.78 is 6.06. The van der Waals surface area contributed by atoms with Crippen LogP contribution in [0, 0.1) is 0 Å². The zero-order chi connectivity index (χ0) is 14.7. The minimum absolute atomic E-state index is 0.0678. The summed E-state index contributed by atoms with van der Waals surface area (Å²) >= 11 is 0. The highest BCUT2D eigenvalue weighted by molar-refractivity contribution is 5.96. The van der Waals surface area contributed by atoms with Gasteiger partial charge in [-0.25, -0.2) is 4.79 Å². The molecule has 2 aromatic rings. The van der Waals surface area contributed by atoms with Crippen molar-refractivity contribution in [2.75, 3.05) is 0 Å². The van der Waals surface area contributed by atoms with Crippen LogP contribution in [0.5, 0.6) is 5.75 Å². The summed E-state index contributed by atoms with van der Waals surface area (Å²) in [4.78, 5) is 11.4. The summed E-state index contributed by atoms with van der Waals surface area (Å²) in [5, 5.41) is 17.8. The predicted molar refractivity (Wildman–Crippen MR) is 78.6 cm³/mol. The Labute approximate surface area is 123 Å². The van der Waals surface area contributed by atoms with Crippen molar-refractivity contribution in [1.82, 2.24) is 10.2 Å². The minimum atomic E-state index is -1.10. The lowest BCUT2D eigenvalue weighted by Gasteiger charge is -2.19. The van der Waals surface area contributed by atoms with Crippen molar-refractivity contribution in [1.29, 1.82) is 0 Å². The van der Waals surface area contributed by atoms with Crippen LogP contribution in [0.4, 0.5) is 0 Å².